The van der Waals surface area contributed by atoms with Crippen LogP contribution in [0.5, 0.6) is 5.75 Å². The Kier molecular flexibility index (Phi) is 4.51. The Labute approximate surface area is 165 Å². The molecule has 0 unspecified atom stereocenters. The van der Waals surface area contributed by atoms with Crippen molar-refractivity contribution in [2.45, 2.75) is 27.7 Å². The van der Waals surface area contributed by atoms with Gasteiger partial charge in [-0.2, -0.15) is 9.61 Å². The quantitative estimate of drug-likeness (QED) is 0.522. The van der Waals surface area contributed by atoms with E-state index in [4.69, 9.17) is 14.8 Å². The molecule has 2 aromatic carbocycles. The fraction of sp³-hybridized carbons (Fsp3) is 0.217. The Balaban J connectivity index is 1.89. The van der Waals surface area contributed by atoms with E-state index in [1.807, 2.05) is 48.7 Å². The molecule has 1 N–H and O–H groups in total. The Morgan fingerprint density at radius 1 is 0.929 bits per heavy atom. The van der Waals surface area contributed by atoms with Gasteiger partial charge in [0.1, 0.15) is 11.6 Å². The van der Waals surface area contributed by atoms with Gasteiger partial charge >= 0.3 is 0 Å². The van der Waals surface area contributed by atoms with Gasteiger partial charge in [0.15, 0.2) is 5.65 Å². The van der Waals surface area contributed by atoms with E-state index in [0.29, 0.717) is 0 Å². The molecule has 2 heterocycles. The molecule has 0 radical (unpaired) electrons. The molecule has 4 aromatic rings. The molecule has 0 atom stereocenters. The maximum Gasteiger partial charge on any atom is 0.165 e. The molecule has 0 spiro atoms. The Hall–Kier alpha value is -3.34. The molecule has 0 aliphatic rings. The minimum absolute atomic E-state index is 0.812. The maximum absolute atomic E-state index is 5.57. The third-order valence-corrected chi connectivity index (χ3v) is 5.05. The van der Waals surface area contributed by atoms with Crippen molar-refractivity contribution in [1.29, 1.82) is 0 Å². The maximum atomic E-state index is 5.57. The van der Waals surface area contributed by atoms with E-state index in [0.717, 1.165) is 45.4 Å². The van der Waals surface area contributed by atoms with Crippen LogP contribution < -0.4 is 10.1 Å². The van der Waals surface area contributed by atoms with Crippen LogP contribution in [0.2, 0.25) is 0 Å². The number of rotatable bonds is 4. The number of aromatic nitrogens is 3. The standard InChI is InChI=1S/C23H24N4O/c1-14-10-11-18(12-15(14)2)25-21-13-16(3)24-23-22(17(4)26-27(21)23)19-8-6-7-9-20(19)28-5/h6-13,25H,1-5H3. The molecule has 0 amide bonds. The van der Waals surface area contributed by atoms with Crippen molar-refractivity contribution >= 4 is 17.2 Å². The van der Waals surface area contributed by atoms with Crippen molar-refractivity contribution in [2.24, 2.45) is 0 Å². The van der Waals surface area contributed by atoms with Crippen molar-refractivity contribution < 1.29 is 4.74 Å². The summed E-state index contributed by atoms with van der Waals surface area (Å²) in [5, 5.41) is 8.28. The average Bonchev–Trinajstić information content (AvgIpc) is 3.00. The Bertz CT molecular complexity index is 1180. The number of nitrogens with zero attached hydrogens (tertiary/aromatic N) is 3. The summed E-state index contributed by atoms with van der Waals surface area (Å²) >= 11 is 0. The number of anilines is 2. The Morgan fingerprint density at radius 3 is 2.46 bits per heavy atom. The number of ether oxygens (including phenoxy) is 1. The van der Waals surface area contributed by atoms with E-state index in [1.165, 1.54) is 11.1 Å². The van der Waals surface area contributed by atoms with Gasteiger partial charge < -0.3 is 10.1 Å². The second kappa shape index (κ2) is 7.00. The molecule has 0 aliphatic carbocycles. The molecule has 0 saturated carbocycles. The van der Waals surface area contributed by atoms with Gasteiger partial charge in [-0.3, -0.25) is 0 Å². The fourth-order valence-electron chi connectivity index (χ4n) is 3.47. The first-order valence-corrected chi connectivity index (χ1v) is 9.32. The summed E-state index contributed by atoms with van der Waals surface area (Å²) in [5.41, 5.74) is 8.18. The summed E-state index contributed by atoms with van der Waals surface area (Å²) in [4.78, 5) is 4.79. The summed E-state index contributed by atoms with van der Waals surface area (Å²) in [6.45, 7) is 8.24. The van der Waals surface area contributed by atoms with Crippen molar-refractivity contribution in [3.05, 3.63) is 71.0 Å². The third-order valence-electron chi connectivity index (χ3n) is 5.05. The number of nitrogens with one attached hydrogen (secondary N) is 1. The summed E-state index contributed by atoms with van der Waals surface area (Å²) < 4.78 is 7.45. The topological polar surface area (TPSA) is 51.5 Å². The van der Waals surface area contributed by atoms with Gasteiger partial charge in [0, 0.05) is 23.0 Å². The van der Waals surface area contributed by atoms with Crippen LogP contribution in [-0.2, 0) is 0 Å². The first-order chi connectivity index (χ1) is 13.5. The second-order valence-electron chi connectivity index (χ2n) is 7.10. The lowest BCUT2D eigenvalue weighted by Crippen LogP contribution is -2.03. The van der Waals surface area contributed by atoms with Gasteiger partial charge in [0.2, 0.25) is 0 Å². The van der Waals surface area contributed by atoms with E-state index >= 15 is 0 Å². The lowest BCUT2D eigenvalue weighted by atomic mass is 10.1. The number of aryl methyl sites for hydroxylation is 4. The number of methoxy groups -OCH3 is 1. The van der Waals surface area contributed by atoms with Crippen LogP contribution in [0.3, 0.4) is 0 Å². The number of hydrogen-bond donors (Lipinski definition) is 1. The monoisotopic (exact) mass is 372 g/mol. The predicted octanol–water partition coefficient (Wildman–Crippen LogP) is 5.38. The molecular weight excluding hydrogens is 348 g/mol. The number of hydrogen-bond acceptors (Lipinski definition) is 4. The number of benzene rings is 2. The average molecular weight is 372 g/mol. The lowest BCUT2D eigenvalue weighted by molar-refractivity contribution is 0.416. The highest BCUT2D eigenvalue weighted by atomic mass is 16.5. The van der Waals surface area contributed by atoms with E-state index in [2.05, 4.69) is 37.4 Å². The zero-order valence-electron chi connectivity index (χ0n) is 16.9. The first-order valence-electron chi connectivity index (χ1n) is 9.32. The normalized spacial score (nSPS) is 11.0. The smallest absolute Gasteiger partial charge is 0.165 e. The van der Waals surface area contributed by atoms with Crippen LogP contribution in [-0.4, -0.2) is 21.7 Å². The number of para-hydroxylation sites is 1. The lowest BCUT2D eigenvalue weighted by Gasteiger charge is -2.12. The Morgan fingerprint density at radius 2 is 1.71 bits per heavy atom. The summed E-state index contributed by atoms with van der Waals surface area (Å²) in [6, 6.07) is 16.3. The molecular formula is C23H24N4O. The second-order valence-corrected chi connectivity index (χ2v) is 7.10. The highest BCUT2D eigenvalue weighted by Crippen LogP contribution is 2.35. The van der Waals surface area contributed by atoms with Crippen molar-refractivity contribution in [3.63, 3.8) is 0 Å². The van der Waals surface area contributed by atoms with Gasteiger partial charge in [0.05, 0.1) is 18.4 Å². The van der Waals surface area contributed by atoms with Crippen LogP contribution in [0.25, 0.3) is 16.8 Å². The molecule has 5 nitrogen and oxygen atoms in total. The molecule has 0 aliphatic heterocycles. The SMILES string of the molecule is COc1ccccc1-c1c(C)nn2c(Nc3ccc(C)c(C)c3)cc(C)nc12. The third kappa shape index (κ3) is 3.09. The van der Waals surface area contributed by atoms with Crippen LogP contribution in [0, 0.1) is 27.7 Å². The van der Waals surface area contributed by atoms with Crippen molar-refractivity contribution in [2.75, 3.05) is 12.4 Å². The fourth-order valence-corrected chi connectivity index (χ4v) is 3.47. The molecule has 5 heteroatoms. The first kappa shape index (κ1) is 18.0. The van der Waals surface area contributed by atoms with Crippen LogP contribution >= 0.6 is 0 Å². The van der Waals surface area contributed by atoms with E-state index in [1.54, 1.807) is 7.11 Å². The zero-order valence-corrected chi connectivity index (χ0v) is 16.9. The van der Waals surface area contributed by atoms with E-state index in [9.17, 15) is 0 Å². The minimum atomic E-state index is 0.812. The summed E-state index contributed by atoms with van der Waals surface area (Å²) in [6.07, 6.45) is 0. The summed E-state index contributed by atoms with van der Waals surface area (Å²) in [5.74, 6) is 1.70. The van der Waals surface area contributed by atoms with Crippen LogP contribution in [0.1, 0.15) is 22.5 Å². The van der Waals surface area contributed by atoms with Crippen LogP contribution in [0.4, 0.5) is 11.5 Å². The molecule has 142 valence electrons. The molecule has 0 saturated heterocycles. The van der Waals surface area contributed by atoms with E-state index < -0.39 is 0 Å². The highest BCUT2D eigenvalue weighted by Gasteiger charge is 2.18. The van der Waals surface area contributed by atoms with Crippen molar-refractivity contribution in [1.82, 2.24) is 14.6 Å². The minimum Gasteiger partial charge on any atom is -0.496 e. The molecule has 0 fully saturated rings. The van der Waals surface area contributed by atoms with Gasteiger partial charge in [-0.15, -0.1) is 0 Å². The van der Waals surface area contributed by atoms with Gasteiger partial charge in [-0.1, -0.05) is 24.3 Å². The molecule has 4 rings (SSSR count). The molecule has 28 heavy (non-hydrogen) atoms. The van der Waals surface area contributed by atoms with Gasteiger partial charge in [0.25, 0.3) is 0 Å². The summed E-state index contributed by atoms with van der Waals surface area (Å²) in [7, 11) is 1.69. The predicted molar refractivity (Wildman–Crippen MR) is 114 cm³/mol. The highest BCUT2D eigenvalue weighted by molar-refractivity contribution is 5.84. The van der Waals surface area contributed by atoms with Gasteiger partial charge in [-0.25, -0.2) is 4.98 Å². The number of fused-ring (bicyclic) bond motifs is 1. The molecule has 2 aromatic heterocycles. The largest absolute Gasteiger partial charge is 0.496 e. The van der Waals surface area contributed by atoms with E-state index in [-0.39, 0.29) is 0 Å². The van der Waals surface area contributed by atoms with Gasteiger partial charge in [-0.05, 0) is 57.0 Å². The zero-order chi connectivity index (χ0) is 19.8. The van der Waals surface area contributed by atoms with Crippen molar-refractivity contribution in [3.8, 4) is 16.9 Å². The molecule has 0 bridgehead atoms. The van der Waals surface area contributed by atoms with Crippen LogP contribution in [0.15, 0.2) is 48.5 Å².